The van der Waals surface area contributed by atoms with Gasteiger partial charge < -0.3 is 9.84 Å². The van der Waals surface area contributed by atoms with Crippen LogP contribution in [0, 0.1) is 5.92 Å². The summed E-state index contributed by atoms with van der Waals surface area (Å²) >= 11 is 0. The van der Waals surface area contributed by atoms with E-state index in [1.165, 1.54) is 0 Å². The van der Waals surface area contributed by atoms with Gasteiger partial charge in [0.25, 0.3) is 5.56 Å². The molecule has 0 aliphatic carbocycles. The van der Waals surface area contributed by atoms with Gasteiger partial charge in [0.15, 0.2) is 0 Å². The maximum atomic E-state index is 13.4. The van der Waals surface area contributed by atoms with Crippen LogP contribution in [0.25, 0.3) is 27.8 Å². The molecule has 2 atom stereocenters. The lowest BCUT2D eigenvalue weighted by atomic mass is 9.96. The Balaban J connectivity index is 1.52. The summed E-state index contributed by atoms with van der Waals surface area (Å²) in [5.41, 5.74) is 3.77. The predicted molar refractivity (Wildman–Crippen MR) is 130 cm³/mol. The van der Waals surface area contributed by atoms with Crippen LogP contribution in [0.3, 0.4) is 0 Å². The van der Waals surface area contributed by atoms with Gasteiger partial charge in [-0.05, 0) is 54.0 Å². The van der Waals surface area contributed by atoms with Gasteiger partial charge in [-0.15, -0.1) is 0 Å². The van der Waals surface area contributed by atoms with Crippen LogP contribution in [0.15, 0.2) is 66.4 Å². The van der Waals surface area contributed by atoms with E-state index in [1.54, 1.807) is 17.0 Å². The summed E-state index contributed by atoms with van der Waals surface area (Å²) in [7, 11) is 0. The predicted octanol–water partition coefficient (Wildman–Crippen LogP) is 3.77. The number of benzene rings is 2. The highest BCUT2D eigenvalue weighted by Crippen LogP contribution is 2.27. The lowest BCUT2D eigenvalue weighted by Crippen LogP contribution is -2.37. The summed E-state index contributed by atoms with van der Waals surface area (Å²) in [4.78, 5) is 22.5. The molecule has 0 unspecified atom stereocenters. The first-order valence-corrected chi connectivity index (χ1v) is 11.4. The number of aliphatic hydroxyl groups excluding tert-OH is 1. The lowest BCUT2D eigenvalue weighted by Gasteiger charge is -2.28. The zero-order valence-electron chi connectivity index (χ0n) is 18.5. The summed E-state index contributed by atoms with van der Waals surface area (Å²) in [6.07, 6.45) is 7.02. The van der Waals surface area contributed by atoms with Gasteiger partial charge >= 0.3 is 0 Å². The van der Waals surface area contributed by atoms with Crippen LogP contribution in [-0.2, 0) is 24.1 Å². The average molecular weight is 442 g/mol. The fraction of sp³-hybridized carbons (Fsp3) is 0.296. The first kappa shape index (κ1) is 21.5. The maximum absolute atomic E-state index is 13.4. The molecule has 0 amide bonds. The van der Waals surface area contributed by atoms with Crippen LogP contribution in [0.1, 0.15) is 23.2 Å². The summed E-state index contributed by atoms with van der Waals surface area (Å²) in [6, 6.07) is 14.2. The number of ether oxygens (including phenoxy) is 1. The second-order valence-corrected chi connectivity index (χ2v) is 8.67. The van der Waals surface area contributed by atoms with Crippen molar-refractivity contribution in [3.8, 4) is 0 Å². The molecule has 4 aromatic rings. The van der Waals surface area contributed by atoms with Crippen molar-refractivity contribution in [3.63, 3.8) is 0 Å². The minimum atomic E-state index is -0.561. The Hall–Kier alpha value is -3.35. The summed E-state index contributed by atoms with van der Waals surface area (Å²) in [6.45, 7) is 5.12. The zero-order chi connectivity index (χ0) is 22.8. The van der Waals surface area contributed by atoms with Crippen LogP contribution >= 0.6 is 0 Å². The van der Waals surface area contributed by atoms with Crippen molar-refractivity contribution in [3.05, 3.63) is 88.7 Å². The van der Waals surface area contributed by atoms with E-state index in [4.69, 9.17) is 4.74 Å². The van der Waals surface area contributed by atoms with Crippen molar-refractivity contribution in [1.29, 1.82) is 0 Å². The number of fused-ring (bicyclic) bond motifs is 3. The zero-order valence-corrected chi connectivity index (χ0v) is 18.5. The van der Waals surface area contributed by atoms with E-state index in [9.17, 15) is 9.90 Å². The van der Waals surface area contributed by atoms with Crippen LogP contribution in [0.5, 0.6) is 0 Å². The second-order valence-electron chi connectivity index (χ2n) is 8.67. The van der Waals surface area contributed by atoms with Crippen molar-refractivity contribution < 1.29 is 9.84 Å². The fourth-order valence-corrected chi connectivity index (χ4v) is 4.63. The van der Waals surface area contributed by atoms with Crippen molar-refractivity contribution in [2.24, 2.45) is 5.92 Å². The van der Waals surface area contributed by atoms with Gasteiger partial charge in [-0.2, -0.15) is 0 Å². The monoisotopic (exact) mass is 441 g/mol. The Morgan fingerprint density at radius 1 is 1.12 bits per heavy atom. The highest BCUT2D eigenvalue weighted by atomic mass is 16.5. The number of aromatic nitrogens is 3. The van der Waals surface area contributed by atoms with E-state index < -0.39 is 6.10 Å². The Bertz CT molecular complexity index is 1360. The van der Waals surface area contributed by atoms with Gasteiger partial charge in [-0.1, -0.05) is 36.9 Å². The van der Waals surface area contributed by atoms with Crippen molar-refractivity contribution in [2.75, 3.05) is 13.2 Å². The van der Waals surface area contributed by atoms with Gasteiger partial charge in [0.2, 0.25) is 0 Å². The molecule has 1 aliphatic heterocycles. The third-order valence-corrected chi connectivity index (χ3v) is 6.56. The molecular weight excluding hydrogens is 414 g/mol. The third kappa shape index (κ3) is 4.32. The van der Waals surface area contributed by atoms with Crippen molar-refractivity contribution in [1.82, 2.24) is 14.5 Å². The highest BCUT2D eigenvalue weighted by Gasteiger charge is 2.24. The molecule has 1 fully saturated rings. The molecule has 3 heterocycles. The quantitative estimate of drug-likeness (QED) is 0.461. The molecule has 5 rings (SSSR count). The molecule has 2 aromatic carbocycles. The first-order chi connectivity index (χ1) is 16.1. The number of pyridine rings is 1. The molecule has 2 aromatic heterocycles. The number of rotatable bonds is 6. The van der Waals surface area contributed by atoms with E-state index in [-0.39, 0.29) is 11.5 Å². The lowest BCUT2D eigenvalue weighted by molar-refractivity contribution is -0.0486. The minimum absolute atomic E-state index is 0.0123. The average Bonchev–Trinajstić information content (AvgIpc) is 2.86. The fourth-order valence-electron chi connectivity index (χ4n) is 4.63. The van der Waals surface area contributed by atoms with Crippen LogP contribution in [-0.4, -0.2) is 39.0 Å². The Labute approximate surface area is 192 Å². The third-order valence-electron chi connectivity index (χ3n) is 6.56. The molecule has 1 aliphatic rings. The van der Waals surface area contributed by atoms with Gasteiger partial charge in [0, 0.05) is 30.7 Å². The van der Waals surface area contributed by atoms with E-state index in [0.717, 1.165) is 52.4 Å². The molecule has 0 spiro atoms. The smallest absolute Gasteiger partial charge is 0.261 e. The standard InChI is InChI=1S/C27H27N3O3/c1-2-21-10-8-18(14-28-21)7-9-19-13-24-26(23-6-4-3-5-22(19)23)29-17-30(27(24)32)15-20-11-12-33-16-25(20)31/h2-6,8,10,13-14,17,20,25,31H,1,7,9,11-12,15-16H2/t20-,25+/m1/s1. The topological polar surface area (TPSA) is 77.2 Å². The van der Waals surface area contributed by atoms with Gasteiger partial charge in [0.05, 0.1) is 35.6 Å². The molecule has 0 saturated carbocycles. The van der Waals surface area contributed by atoms with E-state index in [1.807, 2.05) is 36.5 Å². The Kier molecular flexibility index (Phi) is 6.03. The second kappa shape index (κ2) is 9.25. The number of hydrogen-bond acceptors (Lipinski definition) is 5. The highest BCUT2D eigenvalue weighted by molar-refractivity contribution is 6.06. The normalized spacial score (nSPS) is 18.6. The summed E-state index contributed by atoms with van der Waals surface area (Å²) in [5, 5.41) is 13.0. The van der Waals surface area contributed by atoms with Crippen molar-refractivity contribution in [2.45, 2.75) is 31.9 Å². The minimum Gasteiger partial charge on any atom is -0.390 e. The van der Waals surface area contributed by atoms with Crippen molar-refractivity contribution >= 4 is 27.8 Å². The number of nitrogens with zero attached hydrogens (tertiary/aromatic N) is 3. The van der Waals surface area contributed by atoms with Gasteiger partial charge in [-0.3, -0.25) is 14.3 Å². The van der Waals surface area contributed by atoms with Crippen LogP contribution < -0.4 is 5.56 Å². The molecule has 33 heavy (non-hydrogen) atoms. The number of aryl methyl sites for hydroxylation is 2. The molecule has 6 nitrogen and oxygen atoms in total. The van der Waals surface area contributed by atoms with E-state index in [2.05, 4.69) is 28.7 Å². The largest absolute Gasteiger partial charge is 0.390 e. The molecule has 1 saturated heterocycles. The molecule has 168 valence electrons. The van der Waals surface area contributed by atoms with Gasteiger partial charge in [0.1, 0.15) is 0 Å². The first-order valence-electron chi connectivity index (χ1n) is 11.4. The number of hydrogen-bond donors (Lipinski definition) is 1. The SMILES string of the molecule is C=Cc1ccc(CCc2cc3c(=O)n(C[C@H]4CCOC[C@@H]4O)cnc3c3ccccc23)cn1. The van der Waals surface area contributed by atoms with Crippen LogP contribution in [0.2, 0.25) is 0 Å². The maximum Gasteiger partial charge on any atom is 0.261 e. The van der Waals surface area contributed by atoms with E-state index >= 15 is 0 Å². The number of aliphatic hydroxyl groups is 1. The molecule has 1 N–H and O–H groups in total. The molecular formula is C27H27N3O3. The van der Waals surface area contributed by atoms with E-state index in [0.29, 0.717) is 25.1 Å². The Morgan fingerprint density at radius 3 is 2.73 bits per heavy atom. The summed E-state index contributed by atoms with van der Waals surface area (Å²) < 4.78 is 6.96. The molecule has 0 bridgehead atoms. The summed E-state index contributed by atoms with van der Waals surface area (Å²) in [5.74, 6) is -0.0123. The molecule has 0 radical (unpaired) electrons. The molecule has 6 heteroatoms. The Morgan fingerprint density at radius 2 is 1.97 bits per heavy atom. The van der Waals surface area contributed by atoms with Gasteiger partial charge in [-0.25, -0.2) is 4.98 Å². The van der Waals surface area contributed by atoms with Crippen LogP contribution in [0.4, 0.5) is 0 Å².